The summed E-state index contributed by atoms with van der Waals surface area (Å²) >= 11 is 0. The third-order valence-electron chi connectivity index (χ3n) is 4.84. The summed E-state index contributed by atoms with van der Waals surface area (Å²) in [5.41, 5.74) is 1.54. The number of carbonyl (C=O) groups excluding carboxylic acids is 1. The fraction of sp³-hybridized carbons (Fsp3) is 0.174. The molecule has 1 heterocycles. The predicted octanol–water partition coefficient (Wildman–Crippen LogP) is 4.66. The lowest BCUT2D eigenvalue weighted by Crippen LogP contribution is -2.37. The summed E-state index contributed by atoms with van der Waals surface area (Å²) in [5.74, 6) is 1.24. The quantitative estimate of drug-likeness (QED) is 0.649. The van der Waals surface area contributed by atoms with Gasteiger partial charge in [-0.2, -0.15) is 0 Å². The highest BCUT2D eigenvalue weighted by Crippen LogP contribution is 2.26. The molecule has 1 aliphatic rings. The van der Waals surface area contributed by atoms with Crippen LogP contribution >= 0.6 is 0 Å². The zero-order valence-corrected chi connectivity index (χ0v) is 17.1. The number of ether oxygens (including phenoxy) is 1. The van der Waals surface area contributed by atoms with Crippen LogP contribution in [-0.2, 0) is 10.0 Å². The standard InChI is InChI=1S/C23H22N2O4S/c26-23(18-7-6-8-20(17-18)25-15-4-5-16-30(25,27)28)24-19-11-13-22(14-12-19)29-21-9-2-1-3-10-21/h1-3,6-14,17H,4-5,15-16H2,(H,24,26). The molecule has 0 bridgehead atoms. The van der Waals surface area contributed by atoms with Crippen molar-refractivity contribution >= 4 is 27.3 Å². The maximum absolute atomic E-state index is 12.7. The van der Waals surface area contributed by atoms with E-state index in [9.17, 15) is 13.2 Å². The number of hydrogen-bond acceptors (Lipinski definition) is 4. The Kier molecular flexibility index (Phi) is 5.72. The molecule has 6 nitrogen and oxygen atoms in total. The van der Waals surface area contributed by atoms with E-state index in [-0.39, 0.29) is 11.7 Å². The smallest absolute Gasteiger partial charge is 0.255 e. The van der Waals surface area contributed by atoms with E-state index >= 15 is 0 Å². The summed E-state index contributed by atoms with van der Waals surface area (Å²) in [4.78, 5) is 12.7. The van der Waals surface area contributed by atoms with Gasteiger partial charge in [0.2, 0.25) is 10.0 Å². The summed E-state index contributed by atoms with van der Waals surface area (Å²) in [6.45, 7) is 0.441. The molecule has 0 spiro atoms. The van der Waals surface area contributed by atoms with Crippen molar-refractivity contribution in [3.8, 4) is 11.5 Å². The molecule has 1 saturated heterocycles. The van der Waals surface area contributed by atoms with Crippen LogP contribution in [-0.4, -0.2) is 26.6 Å². The number of anilines is 2. The van der Waals surface area contributed by atoms with Crippen LogP contribution in [0, 0.1) is 0 Å². The summed E-state index contributed by atoms with van der Waals surface area (Å²) in [7, 11) is -3.32. The fourth-order valence-corrected chi connectivity index (χ4v) is 4.95. The van der Waals surface area contributed by atoms with E-state index in [0.29, 0.717) is 35.7 Å². The SMILES string of the molecule is O=C(Nc1ccc(Oc2ccccc2)cc1)c1cccc(N2CCCCS2(=O)=O)c1. The third kappa shape index (κ3) is 4.63. The Balaban J connectivity index is 1.45. The Morgan fingerprint density at radius 3 is 2.33 bits per heavy atom. The van der Waals surface area contributed by atoms with Crippen molar-refractivity contribution in [3.05, 3.63) is 84.4 Å². The number of rotatable bonds is 5. The molecule has 1 amide bonds. The fourth-order valence-electron chi connectivity index (χ4n) is 3.32. The lowest BCUT2D eigenvalue weighted by molar-refractivity contribution is 0.102. The minimum atomic E-state index is -3.32. The number of amides is 1. The number of para-hydroxylation sites is 1. The molecule has 3 aromatic rings. The van der Waals surface area contributed by atoms with Crippen molar-refractivity contribution in [2.45, 2.75) is 12.8 Å². The average Bonchev–Trinajstić information content (AvgIpc) is 2.75. The van der Waals surface area contributed by atoms with Gasteiger partial charge in [0.15, 0.2) is 0 Å². The molecule has 0 aliphatic carbocycles. The molecule has 0 atom stereocenters. The molecule has 1 fully saturated rings. The first-order valence-electron chi connectivity index (χ1n) is 9.76. The molecule has 1 N–H and O–H groups in total. The van der Waals surface area contributed by atoms with E-state index in [0.717, 1.165) is 12.2 Å². The van der Waals surface area contributed by atoms with E-state index in [1.54, 1.807) is 48.5 Å². The first-order valence-corrected chi connectivity index (χ1v) is 11.4. The van der Waals surface area contributed by atoms with Gasteiger partial charge in [0.25, 0.3) is 5.91 Å². The summed E-state index contributed by atoms with van der Waals surface area (Å²) in [6.07, 6.45) is 1.48. The monoisotopic (exact) mass is 422 g/mol. The van der Waals surface area contributed by atoms with Gasteiger partial charge in [-0.05, 0) is 67.4 Å². The van der Waals surface area contributed by atoms with Crippen LogP contribution in [0.25, 0.3) is 0 Å². The zero-order chi connectivity index (χ0) is 21.0. The molecule has 0 radical (unpaired) electrons. The Labute approximate surface area is 176 Å². The molecular formula is C23H22N2O4S. The Morgan fingerprint density at radius 1 is 0.867 bits per heavy atom. The van der Waals surface area contributed by atoms with Gasteiger partial charge in [0.1, 0.15) is 11.5 Å². The second-order valence-corrected chi connectivity index (χ2v) is 9.05. The van der Waals surface area contributed by atoms with Crippen LogP contribution in [0.2, 0.25) is 0 Å². The molecule has 0 saturated carbocycles. The van der Waals surface area contributed by atoms with Crippen LogP contribution in [0.5, 0.6) is 11.5 Å². The van der Waals surface area contributed by atoms with Crippen LogP contribution in [0.15, 0.2) is 78.9 Å². The molecule has 7 heteroatoms. The maximum Gasteiger partial charge on any atom is 0.255 e. The van der Waals surface area contributed by atoms with E-state index in [1.807, 2.05) is 30.3 Å². The van der Waals surface area contributed by atoms with Gasteiger partial charge in [-0.1, -0.05) is 24.3 Å². The topological polar surface area (TPSA) is 75.7 Å². The van der Waals surface area contributed by atoms with Crippen molar-refractivity contribution < 1.29 is 17.9 Å². The Bertz CT molecular complexity index is 1130. The number of carbonyl (C=O) groups is 1. The first kappa shape index (κ1) is 20.0. The van der Waals surface area contributed by atoms with Crippen molar-refractivity contribution in [2.24, 2.45) is 0 Å². The van der Waals surface area contributed by atoms with Crippen LogP contribution in [0.3, 0.4) is 0 Å². The van der Waals surface area contributed by atoms with Gasteiger partial charge in [-0.3, -0.25) is 9.10 Å². The highest BCUT2D eigenvalue weighted by atomic mass is 32.2. The molecule has 1 aliphatic heterocycles. The molecule has 30 heavy (non-hydrogen) atoms. The summed E-state index contributed by atoms with van der Waals surface area (Å²) in [6, 6.07) is 23.2. The minimum Gasteiger partial charge on any atom is -0.457 e. The van der Waals surface area contributed by atoms with E-state index in [2.05, 4.69) is 5.32 Å². The van der Waals surface area contributed by atoms with Gasteiger partial charge < -0.3 is 10.1 Å². The Morgan fingerprint density at radius 2 is 1.60 bits per heavy atom. The van der Waals surface area contributed by atoms with E-state index < -0.39 is 10.0 Å². The van der Waals surface area contributed by atoms with Crippen molar-refractivity contribution in [3.63, 3.8) is 0 Å². The molecule has 3 aromatic carbocycles. The van der Waals surface area contributed by atoms with Gasteiger partial charge in [-0.25, -0.2) is 8.42 Å². The lowest BCUT2D eigenvalue weighted by Gasteiger charge is -2.28. The first-order chi connectivity index (χ1) is 14.5. The van der Waals surface area contributed by atoms with Gasteiger partial charge in [-0.15, -0.1) is 0 Å². The number of hydrogen-bond donors (Lipinski definition) is 1. The number of nitrogens with zero attached hydrogens (tertiary/aromatic N) is 1. The maximum atomic E-state index is 12.7. The summed E-state index contributed by atoms with van der Waals surface area (Å²) in [5, 5.41) is 2.84. The van der Waals surface area contributed by atoms with Gasteiger partial charge in [0.05, 0.1) is 11.4 Å². The summed E-state index contributed by atoms with van der Waals surface area (Å²) < 4.78 is 31.8. The van der Waals surface area contributed by atoms with Gasteiger partial charge >= 0.3 is 0 Å². The molecule has 0 aromatic heterocycles. The second kappa shape index (κ2) is 8.59. The van der Waals surface area contributed by atoms with Gasteiger partial charge in [0, 0.05) is 17.8 Å². The van der Waals surface area contributed by atoms with Crippen molar-refractivity contribution in [1.82, 2.24) is 0 Å². The number of sulfonamides is 1. The highest BCUT2D eigenvalue weighted by molar-refractivity contribution is 7.92. The van der Waals surface area contributed by atoms with Crippen LogP contribution in [0.4, 0.5) is 11.4 Å². The normalized spacial score (nSPS) is 15.4. The van der Waals surface area contributed by atoms with Crippen LogP contribution < -0.4 is 14.4 Å². The third-order valence-corrected chi connectivity index (χ3v) is 6.71. The molecular weight excluding hydrogens is 400 g/mol. The predicted molar refractivity (Wildman–Crippen MR) is 118 cm³/mol. The highest BCUT2D eigenvalue weighted by Gasteiger charge is 2.26. The molecule has 0 unspecified atom stereocenters. The average molecular weight is 423 g/mol. The largest absolute Gasteiger partial charge is 0.457 e. The Hall–Kier alpha value is -3.32. The van der Waals surface area contributed by atoms with Crippen molar-refractivity contribution in [2.75, 3.05) is 21.9 Å². The number of benzene rings is 3. The zero-order valence-electron chi connectivity index (χ0n) is 16.3. The second-order valence-electron chi connectivity index (χ2n) is 7.04. The minimum absolute atomic E-state index is 0.140. The van der Waals surface area contributed by atoms with Crippen LogP contribution in [0.1, 0.15) is 23.2 Å². The van der Waals surface area contributed by atoms with E-state index in [1.165, 1.54) is 4.31 Å². The molecule has 154 valence electrons. The number of nitrogens with one attached hydrogen (secondary N) is 1. The lowest BCUT2D eigenvalue weighted by atomic mass is 10.1. The molecule has 4 rings (SSSR count). The van der Waals surface area contributed by atoms with Crippen molar-refractivity contribution in [1.29, 1.82) is 0 Å². The van der Waals surface area contributed by atoms with E-state index in [4.69, 9.17) is 4.74 Å².